The number of carbonyl (C=O) groups is 1. The minimum atomic E-state index is -0.385. The molecule has 2 rings (SSSR count). The third kappa shape index (κ3) is 3.27. The van der Waals surface area contributed by atoms with Crippen molar-refractivity contribution >= 4 is 17.3 Å². The van der Waals surface area contributed by atoms with Crippen molar-refractivity contribution in [3.63, 3.8) is 0 Å². The van der Waals surface area contributed by atoms with E-state index in [1.54, 1.807) is 24.0 Å². The number of nitrogens with zero attached hydrogens (tertiary/aromatic N) is 3. The van der Waals surface area contributed by atoms with Gasteiger partial charge in [0.1, 0.15) is 5.82 Å². The monoisotopic (exact) mass is 263 g/mol. The summed E-state index contributed by atoms with van der Waals surface area (Å²) in [5.41, 5.74) is 1.68. The second kappa shape index (κ2) is 5.47. The summed E-state index contributed by atoms with van der Waals surface area (Å²) in [6.45, 7) is 1.79. The van der Waals surface area contributed by atoms with Gasteiger partial charge in [-0.25, -0.2) is 4.39 Å². The molecule has 19 heavy (non-hydrogen) atoms. The maximum Gasteiger partial charge on any atom is 0.221 e. The van der Waals surface area contributed by atoms with Crippen molar-refractivity contribution in [1.29, 1.82) is 0 Å². The average Bonchev–Trinajstić information content (AvgIpc) is 2.75. The van der Waals surface area contributed by atoms with Crippen molar-refractivity contribution in [2.75, 3.05) is 10.6 Å². The molecule has 1 aromatic heterocycles. The molecule has 2 N–H and O–H groups in total. The van der Waals surface area contributed by atoms with Gasteiger partial charge in [-0.15, -0.1) is 5.10 Å². The molecule has 0 aliphatic rings. The van der Waals surface area contributed by atoms with Crippen LogP contribution in [0.15, 0.2) is 24.4 Å². The predicted molar refractivity (Wildman–Crippen MR) is 69.0 cm³/mol. The first-order chi connectivity index (χ1) is 9.06. The van der Waals surface area contributed by atoms with Gasteiger partial charge in [0.25, 0.3) is 0 Å². The van der Waals surface area contributed by atoms with E-state index in [1.807, 2.05) is 0 Å². The number of aryl methyl sites for hydroxylation is 1. The van der Waals surface area contributed by atoms with Gasteiger partial charge < -0.3 is 10.6 Å². The Kier molecular flexibility index (Phi) is 3.74. The number of nitrogens with one attached hydrogen (secondary N) is 2. The summed E-state index contributed by atoms with van der Waals surface area (Å²) in [7, 11) is 1.76. The van der Waals surface area contributed by atoms with Gasteiger partial charge in [-0.1, -0.05) is 5.21 Å². The van der Waals surface area contributed by atoms with Crippen molar-refractivity contribution in [1.82, 2.24) is 15.0 Å². The first-order valence-electron chi connectivity index (χ1n) is 5.71. The molecule has 0 radical (unpaired) electrons. The number of benzene rings is 1. The van der Waals surface area contributed by atoms with Crippen LogP contribution in [0.3, 0.4) is 0 Å². The number of carbonyl (C=O) groups excluding carboxylic acids is 1. The summed E-state index contributed by atoms with van der Waals surface area (Å²) in [5, 5.41) is 13.1. The van der Waals surface area contributed by atoms with E-state index in [9.17, 15) is 9.18 Å². The van der Waals surface area contributed by atoms with Crippen LogP contribution in [0.5, 0.6) is 0 Å². The Morgan fingerprint density at radius 2 is 2.26 bits per heavy atom. The molecular weight excluding hydrogens is 249 g/mol. The summed E-state index contributed by atoms with van der Waals surface area (Å²) in [6.07, 6.45) is 1.60. The fraction of sp³-hybridized carbons (Fsp3) is 0.250. The zero-order chi connectivity index (χ0) is 13.8. The van der Waals surface area contributed by atoms with E-state index in [1.165, 1.54) is 19.1 Å². The molecule has 0 unspecified atom stereocenters. The molecule has 1 aromatic carbocycles. The third-order valence-corrected chi connectivity index (χ3v) is 2.55. The first-order valence-corrected chi connectivity index (χ1v) is 5.71. The highest BCUT2D eigenvalue weighted by Crippen LogP contribution is 2.20. The number of hydrogen-bond acceptors (Lipinski definition) is 4. The minimum Gasteiger partial charge on any atom is -0.377 e. The molecule has 6 nitrogen and oxygen atoms in total. The van der Waals surface area contributed by atoms with Crippen LogP contribution in [0.4, 0.5) is 15.8 Å². The SMILES string of the molecule is CC(=O)Nc1ccc(F)c(NCc2cnnn2C)c1. The highest BCUT2D eigenvalue weighted by atomic mass is 19.1. The van der Waals surface area contributed by atoms with E-state index in [2.05, 4.69) is 20.9 Å². The maximum absolute atomic E-state index is 13.6. The summed E-state index contributed by atoms with van der Waals surface area (Å²) in [4.78, 5) is 11.0. The fourth-order valence-corrected chi connectivity index (χ4v) is 1.60. The largest absolute Gasteiger partial charge is 0.377 e. The lowest BCUT2D eigenvalue weighted by Crippen LogP contribution is -2.09. The number of amides is 1. The van der Waals surface area contributed by atoms with Crippen molar-refractivity contribution in [2.45, 2.75) is 13.5 Å². The van der Waals surface area contributed by atoms with E-state index in [0.717, 1.165) is 5.69 Å². The number of anilines is 2. The van der Waals surface area contributed by atoms with E-state index >= 15 is 0 Å². The van der Waals surface area contributed by atoms with Crippen LogP contribution in [-0.4, -0.2) is 20.9 Å². The van der Waals surface area contributed by atoms with Gasteiger partial charge in [0.15, 0.2) is 0 Å². The molecule has 1 heterocycles. The second-order valence-corrected chi connectivity index (χ2v) is 4.08. The molecule has 0 fully saturated rings. The smallest absolute Gasteiger partial charge is 0.221 e. The van der Waals surface area contributed by atoms with Crippen molar-refractivity contribution in [3.05, 3.63) is 35.9 Å². The lowest BCUT2D eigenvalue weighted by Gasteiger charge is -2.09. The number of aromatic nitrogens is 3. The van der Waals surface area contributed by atoms with Crippen LogP contribution >= 0.6 is 0 Å². The molecule has 0 spiro atoms. The standard InChI is InChI=1S/C12H14FN5O/c1-8(19)16-9-3-4-11(13)12(5-9)14-6-10-7-15-17-18(10)2/h3-5,7,14H,6H2,1-2H3,(H,16,19). The molecule has 0 bridgehead atoms. The van der Waals surface area contributed by atoms with Crippen LogP contribution in [0, 0.1) is 5.82 Å². The summed E-state index contributed by atoms with van der Waals surface area (Å²) in [5.74, 6) is -0.586. The molecule has 0 saturated heterocycles. The van der Waals surface area contributed by atoms with Gasteiger partial charge in [0.05, 0.1) is 24.1 Å². The second-order valence-electron chi connectivity index (χ2n) is 4.08. The molecule has 100 valence electrons. The zero-order valence-electron chi connectivity index (χ0n) is 10.6. The molecule has 0 atom stereocenters. The van der Waals surface area contributed by atoms with E-state index in [0.29, 0.717) is 17.9 Å². The molecular formula is C12H14FN5O. The van der Waals surface area contributed by atoms with E-state index < -0.39 is 0 Å². The normalized spacial score (nSPS) is 10.3. The van der Waals surface area contributed by atoms with Crippen molar-refractivity contribution in [3.8, 4) is 0 Å². The van der Waals surface area contributed by atoms with Gasteiger partial charge in [-0.2, -0.15) is 0 Å². The summed E-state index contributed by atoms with van der Waals surface area (Å²) < 4.78 is 15.2. The minimum absolute atomic E-state index is 0.201. The number of rotatable bonds is 4. The lowest BCUT2D eigenvalue weighted by atomic mass is 10.2. The Bertz CT molecular complexity index is 596. The summed E-state index contributed by atoms with van der Waals surface area (Å²) >= 11 is 0. The van der Waals surface area contributed by atoms with Crippen LogP contribution in [-0.2, 0) is 18.4 Å². The zero-order valence-corrected chi connectivity index (χ0v) is 10.6. The Hall–Kier alpha value is -2.44. The lowest BCUT2D eigenvalue weighted by molar-refractivity contribution is -0.114. The van der Waals surface area contributed by atoms with Crippen molar-refractivity contribution < 1.29 is 9.18 Å². The fourth-order valence-electron chi connectivity index (χ4n) is 1.60. The Balaban J connectivity index is 2.11. The van der Waals surface area contributed by atoms with Crippen LogP contribution in [0.25, 0.3) is 0 Å². The number of hydrogen-bond donors (Lipinski definition) is 2. The number of halogens is 1. The van der Waals surface area contributed by atoms with Gasteiger partial charge in [-0.05, 0) is 18.2 Å². The first kappa shape index (κ1) is 13.0. The predicted octanol–water partition coefficient (Wildman–Crippen LogP) is 1.52. The summed E-state index contributed by atoms with van der Waals surface area (Å²) in [6, 6.07) is 4.35. The van der Waals surface area contributed by atoms with Crippen LogP contribution in [0.1, 0.15) is 12.6 Å². The third-order valence-electron chi connectivity index (χ3n) is 2.55. The molecule has 0 aliphatic heterocycles. The molecule has 7 heteroatoms. The van der Waals surface area contributed by atoms with Crippen molar-refractivity contribution in [2.24, 2.45) is 7.05 Å². The van der Waals surface area contributed by atoms with Gasteiger partial charge in [-0.3, -0.25) is 9.48 Å². The molecule has 0 aliphatic carbocycles. The maximum atomic E-state index is 13.6. The van der Waals surface area contributed by atoms with E-state index in [-0.39, 0.29) is 11.7 Å². The molecule has 2 aromatic rings. The quantitative estimate of drug-likeness (QED) is 0.877. The highest BCUT2D eigenvalue weighted by Gasteiger charge is 2.06. The van der Waals surface area contributed by atoms with Crippen LogP contribution in [0.2, 0.25) is 0 Å². The molecule has 0 saturated carbocycles. The topological polar surface area (TPSA) is 71.8 Å². The van der Waals surface area contributed by atoms with E-state index in [4.69, 9.17) is 0 Å². The average molecular weight is 263 g/mol. The Morgan fingerprint density at radius 1 is 1.47 bits per heavy atom. The molecule has 1 amide bonds. The van der Waals surface area contributed by atoms with Gasteiger partial charge in [0, 0.05) is 19.7 Å². The highest BCUT2D eigenvalue weighted by molar-refractivity contribution is 5.89. The van der Waals surface area contributed by atoms with Crippen LogP contribution < -0.4 is 10.6 Å². The Labute approximate surface area is 109 Å². The van der Waals surface area contributed by atoms with Gasteiger partial charge >= 0.3 is 0 Å². The Morgan fingerprint density at radius 3 is 2.89 bits per heavy atom. The van der Waals surface area contributed by atoms with Gasteiger partial charge in [0.2, 0.25) is 5.91 Å².